The molecular weight excluding hydrogens is 258 g/mol. The topological polar surface area (TPSA) is 45.3 Å². The van der Waals surface area contributed by atoms with Gasteiger partial charge >= 0.3 is 0 Å². The third-order valence-electron chi connectivity index (χ3n) is 4.66. The molecule has 0 saturated heterocycles. The highest BCUT2D eigenvalue weighted by molar-refractivity contribution is 7.80. The lowest BCUT2D eigenvalue weighted by Gasteiger charge is -2.47. The van der Waals surface area contributed by atoms with E-state index >= 15 is 0 Å². The Morgan fingerprint density at radius 1 is 1.26 bits per heavy atom. The van der Waals surface area contributed by atoms with Crippen LogP contribution in [0.25, 0.3) is 0 Å². The first-order valence-corrected chi connectivity index (χ1v) is 7.67. The predicted molar refractivity (Wildman–Crippen MR) is 79.3 cm³/mol. The monoisotopic (exact) mass is 281 g/mol. The Bertz CT molecular complexity index is 380. The van der Waals surface area contributed by atoms with Crippen LogP contribution < -0.4 is 16.2 Å². The molecule has 4 aliphatic rings. The fourth-order valence-electron chi connectivity index (χ4n) is 4.05. The van der Waals surface area contributed by atoms with Crippen molar-refractivity contribution in [1.29, 1.82) is 0 Å². The molecule has 0 aromatic carbocycles. The van der Waals surface area contributed by atoms with Crippen LogP contribution in [0.2, 0.25) is 0 Å². The largest absolute Gasteiger partial charge is 0.383 e. The van der Waals surface area contributed by atoms with Gasteiger partial charge in [-0.05, 0) is 61.7 Å². The number of rotatable bonds is 5. The maximum atomic E-state index is 5.24. The van der Waals surface area contributed by atoms with Crippen molar-refractivity contribution in [3.63, 3.8) is 0 Å². The fourth-order valence-corrected chi connectivity index (χ4v) is 4.20. The number of hydrogen-bond donors (Lipinski definition) is 3. The van der Waals surface area contributed by atoms with Crippen LogP contribution in [0.4, 0.5) is 0 Å². The van der Waals surface area contributed by atoms with E-state index in [1.165, 1.54) is 37.8 Å². The van der Waals surface area contributed by atoms with Gasteiger partial charge in [-0.3, -0.25) is 5.43 Å². The van der Waals surface area contributed by atoms with Crippen molar-refractivity contribution in [3.05, 3.63) is 11.3 Å². The van der Waals surface area contributed by atoms with Gasteiger partial charge in [0.25, 0.3) is 0 Å². The highest BCUT2D eigenvalue weighted by Crippen LogP contribution is 2.52. The Morgan fingerprint density at radius 2 is 2.00 bits per heavy atom. The molecule has 1 unspecified atom stereocenters. The molecule has 106 valence electrons. The highest BCUT2D eigenvalue weighted by Gasteiger charge is 2.41. The summed E-state index contributed by atoms with van der Waals surface area (Å²) < 4.78 is 4.98. The van der Waals surface area contributed by atoms with Gasteiger partial charge in [-0.1, -0.05) is 0 Å². The van der Waals surface area contributed by atoms with E-state index in [2.05, 4.69) is 16.2 Å². The average molecular weight is 281 g/mol. The number of hydrogen-bond acceptors (Lipinski definition) is 3. The Morgan fingerprint density at radius 3 is 2.63 bits per heavy atom. The third-order valence-corrected chi connectivity index (χ3v) is 4.91. The van der Waals surface area contributed by atoms with Crippen LogP contribution in [0.5, 0.6) is 0 Å². The summed E-state index contributed by atoms with van der Waals surface area (Å²) in [6.45, 7) is 1.41. The predicted octanol–water partition coefficient (Wildman–Crippen LogP) is 1.70. The minimum Gasteiger partial charge on any atom is -0.383 e. The van der Waals surface area contributed by atoms with Gasteiger partial charge in [-0.25, -0.2) is 0 Å². The van der Waals surface area contributed by atoms with E-state index in [-0.39, 0.29) is 0 Å². The van der Waals surface area contributed by atoms with Gasteiger partial charge in [-0.15, -0.1) is 0 Å². The third kappa shape index (κ3) is 2.87. The molecule has 4 bridgehead atoms. The number of methoxy groups -OCH3 is 1. The molecule has 0 aromatic rings. The molecule has 0 radical (unpaired) electrons. The second kappa shape index (κ2) is 5.67. The highest BCUT2D eigenvalue weighted by atomic mass is 32.1. The average Bonchev–Trinajstić information content (AvgIpc) is 2.37. The molecule has 0 aromatic heterocycles. The van der Waals surface area contributed by atoms with Gasteiger partial charge in [0.1, 0.15) is 0 Å². The molecular formula is C14H23N3OS. The summed E-state index contributed by atoms with van der Waals surface area (Å²) in [5, 5.41) is 3.77. The van der Waals surface area contributed by atoms with Crippen LogP contribution in [0, 0.1) is 17.8 Å². The number of hydrazine groups is 1. The number of nitrogens with one attached hydrogen (secondary N) is 3. The van der Waals surface area contributed by atoms with Crippen LogP contribution >= 0.6 is 12.2 Å². The lowest BCUT2D eigenvalue weighted by molar-refractivity contribution is 0.149. The molecule has 4 aliphatic carbocycles. The normalized spacial score (nSPS) is 31.5. The van der Waals surface area contributed by atoms with E-state index in [9.17, 15) is 0 Å². The fraction of sp³-hybridized carbons (Fsp3) is 0.786. The van der Waals surface area contributed by atoms with E-state index in [0.717, 1.165) is 24.3 Å². The van der Waals surface area contributed by atoms with Crippen LogP contribution in [0.15, 0.2) is 11.3 Å². The quantitative estimate of drug-likeness (QED) is 0.407. The zero-order valence-corrected chi connectivity index (χ0v) is 12.3. The van der Waals surface area contributed by atoms with Crippen molar-refractivity contribution in [2.45, 2.75) is 32.1 Å². The second-order valence-corrected chi connectivity index (χ2v) is 6.47. The lowest BCUT2D eigenvalue weighted by Crippen LogP contribution is -2.48. The number of allylic oxidation sites excluding steroid dienone is 2. The van der Waals surface area contributed by atoms with Gasteiger partial charge in [0.05, 0.1) is 6.61 Å². The molecule has 4 nitrogen and oxygen atoms in total. The summed E-state index contributed by atoms with van der Waals surface area (Å²) in [4.78, 5) is 0. The van der Waals surface area contributed by atoms with Crippen LogP contribution in [-0.2, 0) is 4.74 Å². The molecule has 3 atom stereocenters. The summed E-state index contributed by atoms with van der Waals surface area (Å²) in [5.74, 6) is 2.67. The van der Waals surface area contributed by atoms with Crippen molar-refractivity contribution in [3.8, 4) is 0 Å². The maximum absolute atomic E-state index is 5.24. The van der Waals surface area contributed by atoms with Crippen LogP contribution in [-0.4, -0.2) is 25.4 Å². The molecule has 0 amide bonds. The van der Waals surface area contributed by atoms with Gasteiger partial charge in [0.15, 0.2) is 5.11 Å². The van der Waals surface area contributed by atoms with Crippen molar-refractivity contribution in [2.75, 3.05) is 20.3 Å². The first kappa shape index (κ1) is 13.2. The molecule has 2 saturated carbocycles. The first-order valence-electron chi connectivity index (χ1n) is 7.27. The maximum Gasteiger partial charge on any atom is 0.185 e. The standard InChI is InChI=1S/C14H23N3OS/c1-18-3-2-15-14(19)17-16-13-11-5-9-4-10(7-11)8-12(13)6-9/h9-11,16H,2-8H2,1H3,(H2,15,17,19)/t9-,10+,11?. The van der Waals surface area contributed by atoms with E-state index in [1.54, 1.807) is 12.7 Å². The minimum atomic E-state index is 0.652. The Kier molecular flexibility index (Phi) is 3.93. The molecule has 0 spiro atoms. The Hall–Kier alpha value is -0.810. The van der Waals surface area contributed by atoms with Crippen molar-refractivity contribution in [2.24, 2.45) is 17.8 Å². The molecule has 5 heteroatoms. The Balaban J connectivity index is 1.51. The summed E-state index contributed by atoms with van der Waals surface area (Å²) in [6.07, 6.45) is 6.82. The molecule has 3 N–H and O–H groups in total. The lowest BCUT2D eigenvalue weighted by atomic mass is 9.60. The van der Waals surface area contributed by atoms with Crippen LogP contribution in [0.1, 0.15) is 32.1 Å². The number of thiocarbonyl (C=S) groups is 1. The molecule has 4 rings (SSSR count). The minimum absolute atomic E-state index is 0.652. The van der Waals surface area contributed by atoms with Crippen LogP contribution in [0.3, 0.4) is 0 Å². The van der Waals surface area contributed by atoms with E-state index in [0.29, 0.717) is 11.7 Å². The van der Waals surface area contributed by atoms with Gasteiger partial charge in [-0.2, -0.15) is 0 Å². The van der Waals surface area contributed by atoms with Crippen molar-refractivity contribution >= 4 is 17.3 Å². The first-order chi connectivity index (χ1) is 9.26. The van der Waals surface area contributed by atoms with Crippen molar-refractivity contribution in [1.82, 2.24) is 16.2 Å². The zero-order valence-electron chi connectivity index (χ0n) is 11.5. The van der Waals surface area contributed by atoms with E-state index < -0.39 is 0 Å². The Labute approximate surface area is 120 Å². The number of ether oxygens (including phenoxy) is 1. The molecule has 0 aliphatic heterocycles. The summed E-state index contributed by atoms with van der Waals surface area (Å²) in [5.41, 5.74) is 9.59. The summed E-state index contributed by atoms with van der Waals surface area (Å²) in [6, 6.07) is 0. The van der Waals surface area contributed by atoms with E-state index in [1.807, 2.05) is 0 Å². The van der Waals surface area contributed by atoms with E-state index in [4.69, 9.17) is 17.0 Å². The summed E-state index contributed by atoms with van der Waals surface area (Å²) in [7, 11) is 1.69. The zero-order chi connectivity index (χ0) is 13.2. The molecule has 0 heterocycles. The van der Waals surface area contributed by atoms with Gasteiger partial charge in [0.2, 0.25) is 0 Å². The summed E-state index contributed by atoms with van der Waals surface area (Å²) >= 11 is 5.24. The van der Waals surface area contributed by atoms with Gasteiger partial charge < -0.3 is 15.5 Å². The molecule has 19 heavy (non-hydrogen) atoms. The SMILES string of the molecule is COCCNC(=S)NNC1=C2C[C@@H]3CC1C[C@H](C2)C3. The smallest absolute Gasteiger partial charge is 0.185 e. The second-order valence-electron chi connectivity index (χ2n) is 6.06. The molecule has 2 fully saturated rings. The van der Waals surface area contributed by atoms with Gasteiger partial charge in [0, 0.05) is 25.3 Å². The van der Waals surface area contributed by atoms with Crippen molar-refractivity contribution < 1.29 is 4.74 Å².